The van der Waals surface area contributed by atoms with Crippen LogP contribution < -0.4 is 5.32 Å². The van der Waals surface area contributed by atoms with Crippen LogP contribution in [0, 0.1) is 6.92 Å². The van der Waals surface area contributed by atoms with E-state index in [-0.39, 0.29) is 25.3 Å². The molecule has 1 saturated heterocycles. The van der Waals surface area contributed by atoms with Gasteiger partial charge in [-0.05, 0) is 0 Å². The fraction of sp³-hybridized carbons (Fsp3) is 0.600. The van der Waals surface area contributed by atoms with Crippen molar-refractivity contribution < 1.29 is 17.8 Å². The van der Waals surface area contributed by atoms with Crippen LogP contribution in [0.5, 0.6) is 0 Å². The van der Waals surface area contributed by atoms with E-state index in [1.54, 1.807) is 6.92 Å². The molecule has 7 nitrogen and oxygen atoms in total. The maximum Gasteiger partial charge on any atom is 0.262 e. The summed E-state index contributed by atoms with van der Waals surface area (Å²) in [4.78, 5) is 8.07. The molecule has 3 rings (SSSR count). The molecule has 1 aliphatic heterocycles. The Hall–Kier alpha value is -1.90. The number of halogens is 2. The number of rotatable bonds is 3. The Morgan fingerprint density at radius 2 is 2.00 bits per heavy atom. The average Bonchev–Trinajstić information content (AvgIpc) is 3.01. The minimum atomic E-state index is -2.73. The molecule has 1 aliphatic rings. The van der Waals surface area contributed by atoms with Crippen molar-refractivity contribution >= 4 is 0 Å². The predicted octanol–water partition coefficient (Wildman–Crippen LogP) is 1.02. The SMILES string of the molecule is Cc1nc(Cc2noc(C3CC(F)(F)CN3)n2)no1. The van der Waals surface area contributed by atoms with Crippen molar-refractivity contribution in [2.24, 2.45) is 0 Å². The first-order valence-corrected chi connectivity index (χ1v) is 5.75. The maximum atomic E-state index is 13.1. The van der Waals surface area contributed by atoms with Gasteiger partial charge in [-0.1, -0.05) is 10.3 Å². The molecule has 2 aromatic rings. The first kappa shape index (κ1) is 12.2. The van der Waals surface area contributed by atoms with E-state index in [1.807, 2.05) is 0 Å². The van der Waals surface area contributed by atoms with Gasteiger partial charge in [0.2, 0.25) is 11.8 Å². The van der Waals surface area contributed by atoms with Crippen LogP contribution >= 0.6 is 0 Å². The Balaban J connectivity index is 1.70. The van der Waals surface area contributed by atoms with E-state index in [0.29, 0.717) is 17.5 Å². The second kappa shape index (κ2) is 4.34. The molecule has 0 bridgehead atoms. The van der Waals surface area contributed by atoms with Crippen molar-refractivity contribution in [1.82, 2.24) is 25.6 Å². The van der Waals surface area contributed by atoms with Crippen LogP contribution in [-0.4, -0.2) is 32.7 Å². The molecule has 1 unspecified atom stereocenters. The van der Waals surface area contributed by atoms with Gasteiger partial charge >= 0.3 is 0 Å². The molecule has 0 saturated carbocycles. The fourth-order valence-corrected chi connectivity index (χ4v) is 1.93. The number of nitrogens with one attached hydrogen (secondary N) is 1. The van der Waals surface area contributed by atoms with E-state index in [0.717, 1.165) is 0 Å². The first-order valence-electron chi connectivity index (χ1n) is 5.75. The van der Waals surface area contributed by atoms with Crippen LogP contribution in [-0.2, 0) is 6.42 Å². The van der Waals surface area contributed by atoms with Gasteiger partial charge in [0.05, 0.1) is 19.0 Å². The number of aromatic nitrogens is 4. The zero-order chi connectivity index (χ0) is 13.5. The van der Waals surface area contributed by atoms with E-state index in [9.17, 15) is 8.78 Å². The van der Waals surface area contributed by atoms with Gasteiger partial charge in [0.1, 0.15) is 0 Å². The molecular formula is C10H11F2N5O2. The molecule has 1 N–H and O–H groups in total. The summed E-state index contributed by atoms with van der Waals surface area (Å²) in [5.41, 5.74) is 0. The third kappa shape index (κ3) is 2.60. The minimum Gasteiger partial charge on any atom is -0.340 e. The highest BCUT2D eigenvalue weighted by Crippen LogP contribution is 2.33. The van der Waals surface area contributed by atoms with E-state index >= 15 is 0 Å². The zero-order valence-corrected chi connectivity index (χ0v) is 10.1. The van der Waals surface area contributed by atoms with Crippen molar-refractivity contribution in [3.8, 4) is 0 Å². The summed E-state index contributed by atoms with van der Waals surface area (Å²) < 4.78 is 35.9. The third-order valence-corrected chi connectivity index (χ3v) is 2.78. The smallest absolute Gasteiger partial charge is 0.262 e. The van der Waals surface area contributed by atoms with E-state index in [2.05, 4.69) is 25.6 Å². The topological polar surface area (TPSA) is 89.9 Å². The Morgan fingerprint density at radius 3 is 2.63 bits per heavy atom. The molecule has 2 aromatic heterocycles. The normalized spacial score (nSPS) is 21.9. The van der Waals surface area contributed by atoms with Crippen molar-refractivity contribution in [3.05, 3.63) is 23.4 Å². The number of aryl methyl sites for hydroxylation is 1. The Labute approximate surface area is 106 Å². The monoisotopic (exact) mass is 271 g/mol. The molecule has 1 fully saturated rings. The average molecular weight is 271 g/mol. The van der Waals surface area contributed by atoms with Crippen molar-refractivity contribution in [3.63, 3.8) is 0 Å². The standard InChI is InChI=1S/C10H11F2N5O2/c1-5-14-7(16-18-5)2-8-15-9(19-17-8)6-3-10(11,12)4-13-6/h6,13H,2-4H2,1H3. The highest BCUT2D eigenvalue weighted by Gasteiger charge is 2.42. The summed E-state index contributed by atoms with van der Waals surface area (Å²) in [6.07, 6.45) is -0.0973. The van der Waals surface area contributed by atoms with Crippen LogP contribution in [0.25, 0.3) is 0 Å². The predicted molar refractivity (Wildman–Crippen MR) is 56.4 cm³/mol. The summed E-state index contributed by atoms with van der Waals surface area (Å²) in [6, 6.07) is -0.608. The molecule has 0 amide bonds. The van der Waals surface area contributed by atoms with Crippen LogP contribution in [0.3, 0.4) is 0 Å². The molecule has 0 spiro atoms. The molecule has 0 radical (unpaired) electrons. The van der Waals surface area contributed by atoms with Crippen LogP contribution in [0.15, 0.2) is 9.05 Å². The lowest BCUT2D eigenvalue weighted by Gasteiger charge is -2.04. The molecule has 0 aromatic carbocycles. The van der Waals surface area contributed by atoms with Gasteiger partial charge in [-0.15, -0.1) is 0 Å². The van der Waals surface area contributed by atoms with E-state index < -0.39 is 12.0 Å². The van der Waals surface area contributed by atoms with Gasteiger partial charge in [-0.25, -0.2) is 8.78 Å². The number of hydrogen-bond donors (Lipinski definition) is 1. The number of alkyl halides is 2. The van der Waals surface area contributed by atoms with Gasteiger partial charge in [0, 0.05) is 13.3 Å². The Kier molecular flexibility index (Phi) is 2.77. The first-order chi connectivity index (χ1) is 9.02. The van der Waals surface area contributed by atoms with Gasteiger partial charge in [0.15, 0.2) is 11.6 Å². The molecule has 0 aliphatic carbocycles. The summed E-state index contributed by atoms with van der Waals surface area (Å²) in [5.74, 6) is -1.37. The number of nitrogens with zero attached hydrogens (tertiary/aromatic N) is 4. The Bertz CT molecular complexity index is 582. The lowest BCUT2D eigenvalue weighted by atomic mass is 10.2. The third-order valence-electron chi connectivity index (χ3n) is 2.78. The molecular weight excluding hydrogens is 260 g/mol. The zero-order valence-electron chi connectivity index (χ0n) is 10.1. The van der Waals surface area contributed by atoms with Crippen molar-refractivity contribution in [1.29, 1.82) is 0 Å². The summed E-state index contributed by atoms with van der Waals surface area (Å²) in [6.45, 7) is 1.29. The second-order valence-corrected chi connectivity index (χ2v) is 4.45. The fourth-order valence-electron chi connectivity index (χ4n) is 1.93. The van der Waals surface area contributed by atoms with Crippen molar-refractivity contribution in [2.45, 2.75) is 31.7 Å². The molecule has 102 valence electrons. The lowest BCUT2D eigenvalue weighted by molar-refractivity contribution is 0.0200. The van der Waals surface area contributed by atoms with Gasteiger partial charge in [-0.2, -0.15) is 9.97 Å². The summed E-state index contributed by atoms with van der Waals surface area (Å²) in [5, 5.41) is 10.1. The minimum absolute atomic E-state index is 0.160. The van der Waals surface area contributed by atoms with Crippen molar-refractivity contribution in [2.75, 3.05) is 6.54 Å². The van der Waals surface area contributed by atoms with E-state index in [4.69, 9.17) is 9.05 Å². The van der Waals surface area contributed by atoms with Crippen LogP contribution in [0.4, 0.5) is 8.78 Å². The van der Waals surface area contributed by atoms with Crippen LogP contribution in [0.2, 0.25) is 0 Å². The molecule has 1 atom stereocenters. The second-order valence-electron chi connectivity index (χ2n) is 4.45. The van der Waals surface area contributed by atoms with Crippen LogP contribution in [0.1, 0.15) is 35.9 Å². The molecule has 9 heteroatoms. The highest BCUT2D eigenvalue weighted by atomic mass is 19.3. The quantitative estimate of drug-likeness (QED) is 0.891. The highest BCUT2D eigenvalue weighted by molar-refractivity contribution is 5.03. The van der Waals surface area contributed by atoms with Gasteiger partial charge < -0.3 is 9.05 Å². The Morgan fingerprint density at radius 1 is 1.26 bits per heavy atom. The maximum absolute atomic E-state index is 13.1. The summed E-state index contributed by atoms with van der Waals surface area (Å²) >= 11 is 0. The van der Waals surface area contributed by atoms with Gasteiger partial charge in [-0.3, -0.25) is 5.32 Å². The van der Waals surface area contributed by atoms with Gasteiger partial charge in [0.25, 0.3) is 5.92 Å². The molecule has 19 heavy (non-hydrogen) atoms. The number of hydrogen-bond acceptors (Lipinski definition) is 7. The summed E-state index contributed by atoms with van der Waals surface area (Å²) in [7, 11) is 0. The molecule has 3 heterocycles. The largest absolute Gasteiger partial charge is 0.340 e. The van der Waals surface area contributed by atoms with E-state index in [1.165, 1.54) is 0 Å². The lowest BCUT2D eigenvalue weighted by Crippen LogP contribution is -2.19.